The van der Waals surface area contributed by atoms with Crippen molar-refractivity contribution >= 4 is 0 Å². The first kappa shape index (κ1) is 8.10. The minimum atomic E-state index is 0.871. The van der Waals surface area contributed by atoms with Crippen LogP contribution < -0.4 is 0 Å². The first-order valence-corrected chi connectivity index (χ1v) is 5.23. The van der Waals surface area contributed by atoms with Crippen molar-refractivity contribution in [1.82, 2.24) is 0 Å². The van der Waals surface area contributed by atoms with Crippen molar-refractivity contribution in [2.45, 2.75) is 39.0 Å². The van der Waals surface area contributed by atoms with Gasteiger partial charge >= 0.3 is 0 Å². The summed E-state index contributed by atoms with van der Waals surface area (Å²) in [5.41, 5.74) is 1.47. The van der Waals surface area contributed by atoms with Crippen LogP contribution in [0.1, 0.15) is 39.0 Å². The highest BCUT2D eigenvalue weighted by Gasteiger charge is 2.21. The van der Waals surface area contributed by atoms with Crippen LogP contribution in [0.3, 0.4) is 0 Å². The summed E-state index contributed by atoms with van der Waals surface area (Å²) in [6.07, 6.45) is 14.4. The summed E-state index contributed by atoms with van der Waals surface area (Å²) in [5.74, 6) is 1.74. The Labute approximate surface area is 75.4 Å². The Bertz CT molecular complexity index is 210. The van der Waals surface area contributed by atoms with Crippen LogP contribution in [0.4, 0.5) is 0 Å². The van der Waals surface area contributed by atoms with Gasteiger partial charge in [0, 0.05) is 0 Å². The number of rotatable bonds is 0. The molecule has 2 aliphatic rings. The number of allylic oxidation sites excluding steroid dienone is 4. The fraction of sp³-hybridized carbons (Fsp3) is 0.667. The highest BCUT2D eigenvalue weighted by Crippen LogP contribution is 2.34. The van der Waals surface area contributed by atoms with Crippen molar-refractivity contribution in [2.75, 3.05) is 0 Å². The smallest absolute Gasteiger partial charge is 0.0165 e. The lowest BCUT2D eigenvalue weighted by Gasteiger charge is -2.22. The van der Waals surface area contributed by atoms with Crippen molar-refractivity contribution < 1.29 is 0 Å². The third-order valence-electron chi connectivity index (χ3n) is 3.21. The standard InChI is InChI=1S/C12H18/c1-10-7-8-11-5-3-2-4-6-12(11)9-10/h7-9,11-12H,2-6H2,1H3. The lowest BCUT2D eigenvalue weighted by Crippen LogP contribution is -2.11. The fourth-order valence-electron chi connectivity index (χ4n) is 2.48. The molecule has 0 aromatic heterocycles. The maximum atomic E-state index is 2.48. The van der Waals surface area contributed by atoms with Crippen molar-refractivity contribution in [1.29, 1.82) is 0 Å². The van der Waals surface area contributed by atoms with Crippen LogP contribution in [-0.2, 0) is 0 Å². The zero-order valence-corrected chi connectivity index (χ0v) is 7.92. The molecule has 1 saturated carbocycles. The SMILES string of the molecule is CC1=CC2CCCCCC2C=C1. The van der Waals surface area contributed by atoms with Crippen molar-refractivity contribution in [3.63, 3.8) is 0 Å². The predicted octanol–water partition coefficient (Wildman–Crippen LogP) is 3.70. The summed E-state index contributed by atoms with van der Waals surface area (Å²) in [6.45, 7) is 2.22. The van der Waals surface area contributed by atoms with Gasteiger partial charge in [-0.15, -0.1) is 0 Å². The molecular weight excluding hydrogens is 144 g/mol. The molecule has 0 amide bonds. The van der Waals surface area contributed by atoms with Crippen LogP contribution in [0.25, 0.3) is 0 Å². The summed E-state index contributed by atoms with van der Waals surface area (Å²) in [7, 11) is 0. The lowest BCUT2D eigenvalue weighted by atomic mass is 9.83. The summed E-state index contributed by atoms with van der Waals surface area (Å²) in [5, 5.41) is 0. The molecule has 0 aromatic carbocycles. The molecular formula is C12H18. The van der Waals surface area contributed by atoms with E-state index in [1.807, 2.05) is 0 Å². The van der Waals surface area contributed by atoms with Crippen LogP contribution in [0.5, 0.6) is 0 Å². The molecule has 0 aromatic rings. The van der Waals surface area contributed by atoms with Crippen molar-refractivity contribution in [2.24, 2.45) is 11.8 Å². The summed E-state index contributed by atoms with van der Waals surface area (Å²) in [4.78, 5) is 0. The normalized spacial score (nSPS) is 35.2. The van der Waals surface area contributed by atoms with Crippen LogP contribution >= 0.6 is 0 Å². The summed E-state index contributed by atoms with van der Waals surface area (Å²) < 4.78 is 0. The average molecular weight is 162 g/mol. The predicted molar refractivity (Wildman–Crippen MR) is 53.0 cm³/mol. The van der Waals surface area contributed by atoms with Gasteiger partial charge in [-0.2, -0.15) is 0 Å². The second-order valence-electron chi connectivity index (χ2n) is 4.24. The molecule has 2 aliphatic carbocycles. The van der Waals surface area contributed by atoms with Crippen molar-refractivity contribution in [3.05, 3.63) is 23.8 Å². The fourth-order valence-corrected chi connectivity index (χ4v) is 2.48. The van der Waals surface area contributed by atoms with Gasteiger partial charge in [-0.3, -0.25) is 0 Å². The van der Waals surface area contributed by atoms with Crippen molar-refractivity contribution in [3.8, 4) is 0 Å². The Kier molecular flexibility index (Phi) is 2.34. The van der Waals surface area contributed by atoms with E-state index in [1.165, 1.54) is 37.7 Å². The molecule has 0 radical (unpaired) electrons. The highest BCUT2D eigenvalue weighted by atomic mass is 14.3. The molecule has 66 valence electrons. The Hall–Kier alpha value is -0.520. The zero-order valence-electron chi connectivity index (χ0n) is 7.92. The van der Waals surface area contributed by atoms with E-state index in [2.05, 4.69) is 25.2 Å². The molecule has 1 fully saturated rings. The minimum absolute atomic E-state index is 0.871. The van der Waals surface area contributed by atoms with Gasteiger partial charge in [0.2, 0.25) is 0 Å². The monoisotopic (exact) mass is 162 g/mol. The average Bonchev–Trinajstić information content (AvgIpc) is 2.28. The second kappa shape index (κ2) is 3.47. The van der Waals surface area contributed by atoms with Crippen LogP contribution in [0, 0.1) is 11.8 Å². The maximum Gasteiger partial charge on any atom is -0.0165 e. The van der Waals surface area contributed by atoms with Gasteiger partial charge in [-0.05, 0) is 31.6 Å². The Morgan fingerprint density at radius 3 is 2.67 bits per heavy atom. The summed E-state index contributed by atoms with van der Waals surface area (Å²) in [6, 6.07) is 0. The van der Waals surface area contributed by atoms with Gasteiger partial charge in [-0.1, -0.05) is 43.1 Å². The van der Waals surface area contributed by atoms with E-state index < -0.39 is 0 Å². The Morgan fingerprint density at radius 1 is 1.08 bits per heavy atom. The largest absolute Gasteiger partial charge is 0.0806 e. The first-order chi connectivity index (χ1) is 5.86. The van der Waals surface area contributed by atoms with E-state index in [9.17, 15) is 0 Å². The maximum absolute atomic E-state index is 2.48. The number of hydrogen-bond acceptors (Lipinski definition) is 0. The van der Waals surface area contributed by atoms with E-state index in [1.54, 1.807) is 0 Å². The van der Waals surface area contributed by atoms with Gasteiger partial charge in [0.1, 0.15) is 0 Å². The molecule has 0 heteroatoms. The quantitative estimate of drug-likeness (QED) is 0.509. The molecule has 0 saturated heterocycles. The van der Waals surface area contributed by atoms with Gasteiger partial charge in [0.05, 0.1) is 0 Å². The number of hydrogen-bond donors (Lipinski definition) is 0. The van der Waals surface area contributed by atoms with Crippen LogP contribution in [-0.4, -0.2) is 0 Å². The van der Waals surface area contributed by atoms with Crippen LogP contribution in [0.15, 0.2) is 23.8 Å². The van der Waals surface area contributed by atoms with E-state index >= 15 is 0 Å². The Balaban J connectivity index is 2.11. The first-order valence-electron chi connectivity index (χ1n) is 5.23. The molecule has 0 N–H and O–H groups in total. The van der Waals surface area contributed by atoms with Gasteiger partial charge in [-0.25, -0.2) is 0 Å². The third-order valence-corrected chi connectivity index (χ3v) is 3.21. The van der Waals surface area contributed by atoms with E-state index in [0.717, 1.165) is 11.8 Å². The number of fused-ring (bicyclic) bond motifs is 1. The molecule has 2 rings (SSSR count). The van der Waals surface area contributed by atoms with E-state index in [-0.39, 0.29) is 0 Å². The zero-order chi connectivity index (χ0) is 8.39. The van der Waals surface area contributed by atoms with Crippen LogP contribution in [0.2, 0.25) is 0 Å². The van der Waals surface area contributed by atoms with Gasteiger partial charge < -0.3 is 0 Å². The van der Waals surface area contributed by atoms with E-state index in [4.69, 9.17) is 0 Å². The molecule has 0 heterocycles. The molecule has 0 nitrogen and oxygen atoms in total. The minimum Gasteiger partial charge on any atom is -0.0806 e. The van der Waals surface area contributed by atoms with E-state index in [0.29, 0.717) is 0 Å². The molecule has 0 bridgehead atoms. The van der Waals surface area contributed by atoms with Gasteiger partial charge in [0.15, 0.2) is 0 Å². The lowest BCUT2D eigenvalue weighted by molar-refractivity contribution is 0.442. The third kappa shape index (κ3) is 1.63. The topological polar surface area (TPSA) is 0 Å². The van der Waals surface area contributed by atoms with Gasteiger partial charge in [0.25, 0.3) is 0 Å². The molecule has 2 atom stereocenters. The second-order valence-corrected chi connectivity index (χ2v) is 4.24. The molecule has 0 spiro atoms. The molecule has 2 unspecified atom stereocenters. The summed E-state index contributed by atoms with van der Waals surface area (Å²) >= 11 is 0. The molecule has 12 heavy (non-hydrogen) atoms. The Morgan fingerprint density at radius 2 is 1.83 bits per heavy atom. The highest BCUT2D eigenvalue weighted by molar-refractivity contribution is 5.23. The molecule has 0 aliphatic heterocycles.